The third-order valence-electron chi connectivity index (χ3n) is 8.67. The van der Waals surface area contributed by atoms with E-state index in [-0.39, 0.29) is 19.1 Å². The van der Waals surface area contributed by atoms with Gasteiger partial charge in [-0.05, 0) is 32.1 Å². The van der Waals surface area contributed by atoms with Crippen LogP contribution < -0.4 is 5.32 Å². The van der Waals surface area contributed by atoms with Crippen molar-refractivity contribution >= 4 is 13.7 Å². The van der Waals surface area contributed by atoms with Crippen LogP contribution in [0.3, 0.4) is 0 Å². The fourth-order valence-electron chi connectivity index (χ4n) is 5.47. The van der Waals surface area contributed by atoms with Gasteiger partial charge in [0.25, 0.3) is 0 Å². The van der Waals surface area contributed by atoms with Crippen molar-refractivity contribution in [1.29, 1.82) is 0 Å². The van der Waals surface area contributed by atoms with Crippen LogP contribution in [0, 0.1) is 0 Å². The molecule has 3 atom stereocenters. The number of nitrogens with zero attached hydrogens (tertiary/aromatic N) is 1. The minimum absolute atomic E-state index is 0.0578. The quantitative estimate of drug-likeness (QED) is 0.0263. The van der Waals surface area contributed by atoms with E-state index in [2.05, 4.69) is 31.3 Å². The lowest BCUT2D eigenvalue weighted by Crippen LogP contribution is -2.45. The van der Waals surface area contributed by atoms with Gasteiger partial charge in [0, 0.05) is 6.42 Å². The first-order valence-corrected chi connectivity index (χ1v) is 21.2. The lowest BCUT2D eigenvalue weighted by Gasteiger charge is -2.25. The van der Waals surface area contributed by atoms with Gasteiger partial charge in [0.1, 0.15) is 13.2 Å². The Balaban J connectivity index is 4.54. The zero-order chi connectivity index (χ0) is 35.8. The number of nitrogens with one attached hydrogen (secondary N) is 1. The number of aliphatic hydroxyl groups is 1. The molecule has 0 aromatic carbocycles. The van der Waals surface area contributed by atoms with Gasteiger partial charge in [-0.25, -0.2) is 4.57 Å². The number of rotatable bonds is 35. The summed E-state index contributed by atoms with van der Waals surface area (Å²) in [7, 11) is 1.56. The fourth-order valence-corrected chi connectivity index (χ4v) is 6.20. The second kappa shape index (κ2) is 31.9. The largest absolute Gasteiger partial charge is 0.472 e. The molecule has 1 unspecified atom stereocenters. The maximum atomic E-state index is 12.8. The number of likely N-dealkylation sites (N-methyl/N-ethyl adjacent to an activating group) is 1. The zero-order valence-electron chi connectivity index (χ0n) is 32.0. The van der Waals surface area contributed by atoms with Crippen LogP contribution >= 0.6 is 7.82 Å². The highest BCUT2D eigenvalue weighted by Gasteiger charge is 2.27. The summed E-state index contributed by atoms with van der Waals surface area (Å²) in [4.78, 5) is 23.0. The molecule has 0 bridgehead atoms. The van der Waals surface area contributed by atoms with E-state index in [1.807, 2.05) is 27.2 Å². The summed E-state index contributed by atoms with van der Waals surface area (Å²) in [5.74, 6) is -0.189. The predicted octanol–water partition coefficient (Wildman–Crippen LogP) is 10.2. The third-order valence-corrected chi connectivity index (χ3v) is 9.66. The molecule has 1 amide bonds. The number of aliphatic hydroxyl groups excluding tert-OH is 1. The Morgan fingerprint density at radius 1 is 0.688 bits per heavy atom. The van der Waals surface area contributed by atoms with Crippen LogP contribution in [0.1, 0.15) is 168 Å². The van der Waals surface area contributed by atoms with E-state index in [1.54, 1.807) is 6.08 Å². The van der Waals surface area contributed by atoms with E-state index in [0.29, 0.717) is 17.4 Å². The number of amides is 1. The maximum absolute atomic E-state index is 12.8. The Kier molecular flexibility index (Phi) is 31.2. The summed E-state index contributed by atoms with van der Waals surface area (Å²) in [6, 6.07) is -0.855. The van der Waals surface area contributed by atoms with E-state index in [9.17, 15) is 19.4 Å². The zero-order valence-corrected chi connectivity index (χ0v) is 32.9. The summed E-state index contributed by atoms with van der Waals surface area (Å²) in [5.41, 5.74) is 0. The Labute approximate surface area is 296 Å². The second-order valence-corrected chi connectivity index (χ2v) is 16.1. The Morgan fingerprint density at radius 2 is 1.15 bits per heavy atom. The van der Waals surface area contributed by atoms with Crippen molar-refractivity contribution in [2.45, 2.75) is 180 Å². The lowest BCUT2D eigenvalue weighted by molar-refractivity contribution is -0.870. The molecule has 8 nitrogen and oxygen atoms in total. The van der Waals surface area contributed by atoms with Crippen LogP contribution in [0.25, 0.3) is 0 Å². The van der Waals surface area contributed by atoms with E-state index in [0.717, 1.165) is 38.5 Å². The molecule has 0 radical (unpaired) electrons. The van der Waals surface area contributed by atoms with E-state index in [1.165, 1.54) is 109 Å². The molecule has 0 aliphatic heterocycles. The van der Waals surface area contributed by atoms with Crippen LogP contribution in [-0.4, -0.2) is 73.4 Å². The Bertz CT molecular complexity index is 845. The standard InChI is InChI=1S/C39H77N2O6P/c1-6-8-10-12-14-16-18-20-21-23-25-27-29-31-33-39(43)40-37(36-47-48(44,45)46-35-34-41(3,4)5)38(42)32-30-28-26-24-22-19-17-15-13-11-9-7-2/h22,24,30,32,37-38,42H,6-21,23,25-29,31,33-36H2,1-5H3,(H-,40,43,44,45)/p+1/b24-22+,32-30+/t37-,38+/m0/s1. The van der Waals surface area contributed by atoms with Crippen molar-refractivity contribution < 1.29 is 32.9 Å². The van der Waals surface area contributed by atoms with Gasteiger partial charge in [0.05, 0.1) is 39.9 Å². The molecule has 0 aliphatic rings. The van der Waals surface area contributed by atoms with Gasteiger partial charge in [-0.15, -0.1) is 0 Å². The number of phosphoric acid groups is 1. The minimum atomic E-state index is -4.33. The Hall–Kier alpha value is -1.02. The SMILES string of the molecule is CCCCCCCC/C=C/CC/C=C/[C@@H](O)[C@H](COP(=O)(O)OCC[N+](C)(C)C)NC(=O)CCCCCCCCCCCCCCCC. The van der Waals surface area contributed by atoms with Crippen molar-refractivity contribution in [3.8, 4) is 0 Å². The van der Waals surface area contributed by atoms with Gasteiger partial charge in [0.2, 0.25) is 5.91 Å². The van der Waals surface area contributed by atoms with Gasteiger partial charge in [-0.1, -0.05) is 154 Å². The second-order valence-electron chi connectivity index (χ2n) is 14.7. The molecular formula is C39H78N2O6P+. The molecular weight excluding hydrogens is 623 g/mol. The predicted molar refractivity (Wildman–Crippen MR) is 203 cm³/mol. The third kappa shape index (κ3) is 33.5. The molecule has 48 heavy (non-hydrogen) atoms. The van der Waals surface area contributed by atoms with Crippen LogP contribution in [0.4, 0.5) is 0 Å². The molecule has 284 valence electrons. The van der Waals surface area contributed by atoms with Gasteiger partial charge < -0.3 is 19.8 Å². The minimum Gasteiger partial charge on any atom is -0.387 e. The van der Waals surface area contributed by atoms with Crippen LogP contribution in [0.15, 0.2) is 24.3 Å². The molecule has 0 rings (SSSR count). The number of allylic oxidation sites excluding steroid dienone is 3. The van der Waals surface area contributed by atoms with Crippen molar-refractivity contribution in [2.24, 2.45) is 0 Å². The topological polar surface area (TPSA) is 105 Å². The van der Waals surface area contributed by atoms with Crippen LogP contribution in [0.2, 0.25) is 0 Å². The van der Waals surface area contributed by atoms with Gasteiger partial charge >= 0.3 is 7.82 Å². The molecule has 0 spiro atoms. The van der Waals surface area contributed by atoms with Crippen LogP contribution in [0.5, 0.6) is 0 Å². The number of phosphoric ester groups is 1. The van der Waals surface area contributed by atoms with Crippen molar-refractivity contribution in [2.75, 3.05) is 40.9 Å². The maximum Gasteiger partial charge on any atom is 0.472 e. The molecule has 0 heterocycles. The monoisotopic (exact) mass is 702 g/mol. The van der Waals surface area contributed by atoms with Gasteiger partial charge in [-0.3, -0.25) is 13.8 Å². The molecule has 3 N–H and O–H groups in total. The molecule has 0 saturated carbocycles. The summed E-state index contributed by atoms with van der Waals surface area (Å²) in [6.45, 7) is 4.76. The number of carbonyl (C=O) groups is 1. The van der Waals surface area contributed by atoms with E-state index < -0.39 is 20.0 Å². The molecule has 0 aliphatic carbocycles. The normalized spacial score (nSPS) is 14.9. The highest BCUT2D eigenvalue weighted by Crippen LogP contribution is 2.43. The first-order valence-electron chi connectivity index (χ1n) is 19.7. The smallest absolute Gasteiger partial charge is 0.387 e. The lowest BCUT2D eigenvalue weighted by atomic mass is 10.0. The number of hydrogen-bond donors (Lipinski definition) is 3. The summed E-state index contributed by atoms with van der Waals surface area (Å²) >= 11 is 0. The molecule has 9 heteroatoms. The fraction of sp³-hybridized carbons (Fsp3) is 0.872. The number of carbonyl (C=O) groups excluding carboxylic acids is 1. The van der Waals surface area contributed by atoms with Gasteiger partial charge in [-0.2, -0.15) is 0 Å². The summed E-state index contributed by atoms with van der Waals surface area (Å²) < 4.78 is 23.4. The Morgan fingerprint density at radius 3 is 1.67 bits per heavy atom. The summed E-state index contributed by atoms with van der Waals surface area (Å²) in [6.07, 6.45) is 35.2. The van der Waals surface area contributed by atoms with Crippen molar-refractivity contribution in [3.05, 3.63) is 24.3 Å². The first-order chi connectivity index (χ1) is 23.0. The molecule has 0 aromatic rings. The molecule has 0 aromatic heterocycles. The van der Waals surface area contributed by atoms with E-state index >= 15 is 0 Å². The summed E-state index contributed by atoms with van der Waals surface area (Å²) in [5, 5.41) is 13.7. The van der Waals surface area contributed by atoms with Crippen molar-refractivity contribution in [3.63, 3.8) is 0 Å². The molecule has 0 fully saturated rings. The van der Waals surface area contributed by atoms with E-state index in [4.69, 9.17) is 9.05 Å². The highest BCUT2D eigenvalue weighted by molar-refractivity contribution is 7.47. The number of hydrogen-bond acceptors (Lipinski definition) is 5. The van der Waals surface area contributed by atoms with Gasteiger partial charge in [0.15, 0.2) is 0 Å². The first kappa shape index (κ1) is 47.0. The number of quaternary nitrogens is 1. The average molecular weight is 702 g/mol. The average Bonchev–Trinajstić information content (AvgIpc) is 3.02. The molecule has 0 saturated heterocycles. The number of unbranched alkanes of at least 4 members (excludes halogenated alkanes) is 20. The van der Waals surface area contributed by atoms with Crippen LogP contribution in [-0.2, 0) is 18.4 Å². The van der Waals surface area contributed by atoms with Crippen molar-refractivity contribution in [1.82, 2.24) is 5.32 Å². The highest BCUT2D eigenvalue weighted by atomic mass is 31.2.